The molecule has 1 saturated heterocycles. The lowest BCUT2D eigenvalue weighted by Gasteiger charge is -2.29. The van der Waals surface area contributed by atoms with Gasteiger partial charge >= 0.3 is 6.18 Å². The van der Waals surface area contributed by atoms with Crippen LogP contribution in [-0.4, -0.2) is 50.6 Å². The summed E-state index contributed by atoms with van der Waals surface area (Å²) in [4.78, 5) is 24.3. The standard InChI is InChI=1S/C31H36F3N5O2.ClH/c1-18(2)16-39-19(3)7-12-28(39)30(41)38-27-13-21(31(32,33)34)9-11-23(27)26-15-29(36-17-35-26)37-25-6-4-5-20-8-10-22(40)14-24(20)25;/h4-6,9,11,13,15,17-19,22,28,40H,7-8,10,12,14,16H2,1-3H3,(H,38,41)(H,35,36,37);1H/t19?,22?,28-;/m0./s1. The maximum atomic E-state index is 13.7. The third kappa shape index (κ3) is 7.04. The Morgan fingerprint density at radius 3 is 2.62 bits per heavy atom. The first-order valence-electron chi connectivity index (χ1n) is 14.2. The number of hydrogen-bond acceptors (Lipinski definition) is 6. The number of halogens is 4. The van der Waals surface area contributed by atoms with Crippen molar-refractivity contribution in [3.8, 4) is 11.3 Å². The number of alkyl halides is 3. The molecule has 11 heteroatoms. The highest BCUT2D eigenvalue weighted by molar-refractivity contribution is 5.98. The van der Waals surface area contributed by atoms with E-state index < -0.39 is 23.9 Å². The number of aliphatic hydroxyl groups excluding tert-OH is 1. The average molecular weight is 604 g/mol. The lowest BCUT2D eigenvalue weighted by Crippen LogP contribution is -2.44. The predicted octanol–water partition coefficient (Wildman–Crippen LogP) is 6.62. The van der Waals surface area contributed by atoms with Crippen molar-refractivity contribution in [2.24, 2.45) is 5.92 Å². The van der Waals surface area contributed by atoms with Gasteiger partial charge in [0.05, 0.1) is 29.1 Å². The van der Waals surface area contributed by atoms with Crippen LogP contribution >= 0.6 is 12.4 Å². The van der Waals surface area contributed by atoms with Crippen molar-refractivity contribution in [2.75, 3.05) is 17.2 Å². The first-order valence-corrected chi connectivity index (χ1v) is 14.2. The van der Waals surface area contributed by atoms with E-state index in [2.05, 4.69) is 46.3 Å². The topological polar surface area (TPSA) is 90.4 Å². The van der Waals surface area contributed by atoms with E-state index in [1.807, 2.05) is 18.2 Å². The first kappa shape index (κ1) is 31.7. The van der Waals surface area contributed by atoms with Crippen LogP contribution < -0.4 is 10.6 Å². The number of amides is 1. The van der Waals surface area contributed by atoms with Crippen LogP contribution in [0.25, 0.3) is 11.3 Å². The van der Waals surface area contributed by atoms with Gasteiger partial charge < -0.3 is 15.7 Å². The van der Waals surface area contributed by atoms with Crippen molar-refractivity contribution in [3.05, 3.63) is 65.5 Å². The molecule has 1 aromatic heterocycles. The fraction of sp³-hybridized carbons (Fsp3) is 0.452. The molecule has 0 radical (unpaired) electrons. The van der Waals surface area contributed by atoms with E-state index in [1.54, 1.807) is 6.07 Å². The van der Waals surface area contributed by atoms with E-state index in [0.717, 1.165) is 48.3 Å². The van der Waals surface area contributed by atoms with Crippen molar-refractivity contribution in [3.63, 3.8) is 0 Å². The normalized spacial score (nSPS) is 20.6. The minimum absolute atomic E-state index is 0. The molecule has 2 heterocycles. The second kappa shape index (κ2) is 13.0. The first-order chi connectivity index (χ1) is 19.5. The fourth-order valence-electron chi connectivity index (χ4n) is 5.91. The zero-order chi connectivity index (χ0) is 29.3. The number of nitrogens with one attached hydrogen (secondary N) is 2. The Kier molecular flexibility index (Phi) is 9.80. The van der Waals surface area contributed by atoms with E-state index in [0.29, 0.717) is 42.3 Å². The molecule has 1 aliphatic heterocycles. The van der Waals surface area contributed by atoms with Crippen LogP contribution in [0.1, 0.15) is 56.7 Å². The number of anilines is 3. The molecule has 2 aliphatic rings. The molecule has 0 bridgehead atoms. The quantitative estimate of drug-likeness (QED) is 0.281. The van der Waals surface area contributed by atoms with Crippen molar-refractivity contribution in [1.82, 2.24) is 14.9 Å². The lowest BCUT2D eigenvalue weighted by molar-refractivity contribution is -0.137. The predicted molar refractivity (Wildman–Crippen MR) is 160 cm³/mol. The molecular weight excluding hydrogens is 567 g/mol. The number of carbonyl (C=O) groups is 1. The summed E-state index contributed by atoms with van der Waals surface area (Å²) < 4.78 is 41.1. The van der Waals surface area contributed by atoms with Gasteiger partial charge in [-0.1, -0.05) is 32.0 Å². The maximum Gasteiger partial charge on any atom is 0.416 e. The zero-order valence-electron chi connectivity index (χ0n) is 23.9. The molecule has 1 fully saturated rings. The number of likely N-dealkylation sites (tertiary alicyclic amines) is 1. The van der Waals surface area contributed by atoms with Crippen LogP contribution in [0.5, 0.6) is 0 Å². The Balaban J connectivity index is 0.00000405. The number of aliphatic hydroxyl groups is 1. The number of rotatable bonds is 7. The Labute approximate surface area is 250 Å². The average Bonchev–Trinajstić information content (AvgIpc) is 3.28. The Hall–Kier alpha value is -3.21. The van der Waals surface area contributed by atoms with Crippen molar-refractivity contribution in [2.45, 2.75) is 77.2 Å². The van der Waals surface area contributed by atoms with Gasteiger partial charge in [0.1, 0.15) is 12.1 Å². The highest BCUT2D eigenvalue weighted by Gasteiger charge is 2.37. The smallest absolute Gasteiger partial charge is 0.393 e. The van der Waals surface area contributed by atoms with E-state index in [-0.39, 0.29) is 30.0 Å². The summed E-state index contributed by atoms with van der Waals surface area (Å²) in [7, 11) is 0. The summed E-state index contributed by atoms with van der Waals surface area (Å²) >= 11 is 0. The van der Waals surface area contributed by atoms with Gasteiger partial charge in [-0.15, -0.1) is 12.4 Å². The summed E-state index contributed by atoms with van der Waals surface area (Å²) in [5.74, 6) is 0.478. The number of benzene rings is 2. The molecule has 0 saturated carbocycles. The van der Waals surface area contributed by atoms with E-state index in [4.69, 9.17) is 0 Å². The van der Waals surface area contributed by atoms with E-state index in [9.17, 15) is 23.1 Å². The third-order valence-electron chi connectivity index (χ3n) is 7.97. The summed E-state index contributed by atoms with van der Waals surface area (Å²) in [6.45, 7) is 6.97. The van der Waals surface area contributed by atoms with Crippen molar-refractivity contribution >= 4 is 35.5 Å². The SMILES string of the molecule is CC(C)CN1C(C)CC[C@H]1C(=O)Nc1cc(C(F)(F)F)ccc1-c1cc(Nc2cccc3c2CC(O)CC3)ncn1.Cl. The number of aryl methyl sites for hydroxylation is 1. The molecule has 7 nitrogen and oxygen atoms in total. The van der Waals surface area contributed by atoms with Gasteiger partial charge in [-0.2, -0.15) is 13.2 Å². The minimum atomic E-state index is -4.57. The second-order valence-corrected chi connectivity index (χ2v) is 11.5. The zero-order valence-corrected chi connectivity index (χ0v) is 24.7. The largest absolute Gasteiger partial charge is 0.416 e. The van der Waals surface area contributed by atoms with Crippen LogP contribution in [-0.2, 0) is 23.8 Å². The highest BCUT2D eigenvalue weighted by Crippen LogP contribution is 2.37. The van der Waals surface area contributed by atoms with E-state index >= 15 is 0 Å². The Bertz CT molecular complexity index is 1420. The third-order valence-corrected chi connectivity index (χ3v) is 7.97. The van der Waals surface area contributed by atoms with Gasteiger partial charge in [0.15, 0.2) is 0 Å². The summed E-state index contributed by atoms with van der Waals surface area (Å²) in [5.41, 5.74) is 2.93. The highest BCUT2D eigenvalue weighted by atomic mass is 35.5. The van der Waals surface area contributed by atoms with Gasteiger partial charge in [0.25, 0.3) is 0 Å². The van der Waals surface area contributed by atoms with Crippen molar-refractivity contribution < 1.29 is 23.1 Å². The number of carbonyl (C=O) groups excluding carboxylic acids is 1. The van der Waals surface area contributed by atoms with Crippen LogP contribution in [0.4, 0.5) is 30.4 Å². The number of aromatic nitrogens is 2. The molecule has 226 valence electrons. The molecule has 1 amide bonds. The van der Waals surface area contributed by atoms with Gasteiger partial charge in [-0.25, -0.2) is 9.97 Å². The van der Waals surface area contributed by atoms with Crippen LogP contribution in [0, 0.1) is 5.92 Å². The minimum Gasteiger partial charge on any atom is -0.393 e. The Morgan fingerprint density at radius 1 is 1.10 bits per heavy atom. The lowest BCUT2D eigenvalue weighted by atomic mass is 9.88. The molecule has 1 aliphatic carbocycles. The summed E-state index contributed by atoms with van der Waals surface area (Å²) in [6.07, 6.45) is -0.126. The molecule has 2 unspecified atom stereocenters. The number of nitrogens with zero attached hydrogens (tertiary/aromatic N) is 3. The second-order valence-electron chi connectivity index (χ2n) is 11.5. The fourth-order valence-corrected chi connectivity index (χ4v) is 5.91. The maximum absolute atomic E-state index is 13.7. The van der Waals surface area contributed by atoms with Gasteiger partial charge in [-0.3, -0.25) is 9.69 Å². The van der Waals surface area contributed by atoms with Crippen molar-refractivity contribution in [1.29, 1.82) is 0 Å². The molecule has 42 heavy (non-hydrogen) atoms. The summed E-state index contributed by atoms with van der Waals surface area (Å²) in [6, 6.07) is 10.7. The molecule has 3 aromatic rings. The molecule has 3 atom stereocenters. The number of fused-ring (bicyclic) bond motifs is 1. The van der Waals surface area contributed by atoms with Crippen LogP contribution in [0.2, 0.25) is 0 Å². The summed E-state index contributed by atoms with van der Waals surface area (Å²) in [5, 5.41) is 16.3. The molecular formula is C31H37ClF3N5O2. The monoisotopic (exact) mass is 603 g/mol. The molecule has 5 rings (SSSR count). The Morgan fingerprint density at radius 2 is 1.88 bits per heavy atom. The van der Waals surface area contributed by atoms with Gasteiger partial charge in [0.2, 0.25) is 5.91 Å². The van der Waals surface area contributed by atoms with Gasteiger partial charge in [0, 0.05) is 36.3 Å². The van der Waals surface area contributed by atoms with Crippen LogP contribution in [0.3, 0.4) is 0 Å². The molecule has 2 aromatic carbocycles. The van der Waals surface area contributed by atoms with Gasteiger partial charge in [-0.05, 0) is 67.9 Å². The number of hydrogen-bond donors (Lipinski definition) is 3. The van der Waals surface area contributed by atoms with E-state index in [1.165, 1.54) is 12.4 Å². The van der Waals surface area contributed by atoms with Crippen LogP contribution in [0.15, 0.2) is 48.8 Å². The molecule has 3 N–H and O–H groups in total. The molecule has 0 spiro atoms.